The highest BCUT2D eigenvalue weighted by molar-refractivity contribution is 6.08. The van der Waals surface area contributed by atoms with Gasteiger partial charge in [0.1, 0.15) is 0 Å². The number of hydroxylamine groups is 1. The molecule has 0 bridgehead atoms. The molecule has 34 heavy (non-hydrogen) atoms. The van der Waals surface area contributed by atoms with Gasteiger partial charge in [-0.05, 0) is 66.1 Å². The van der Waals surface area contributed by atoms with E-state index in [9.17, 15) is 9.59 Å². The van der Waals surface area contributed by atoms with Gasteiger partial charge in [0.25, 0.3) is 5.91 Å². The van der Waals surface area contributed by atoms with Gasteiger partial charge in [-0.1, -0.05) is 37.1 Å². The zero-order valence-electron chi connectivity index (χ0n) is 19.2. The first kappa shape index (κ1) is 23.4. The Labute approximate surface area is 199 Å². The maximum Gasteiger partial charge on any atom is 0.254 e. The van der Waals surface area contributed by atoms with Gasteiger partial charge in [-0.2, -0.15) is 0 Å². The summed E-state index contributed by atoms with van der Waals surface area (Å²) >= 11 is 0. The van der Waals surface area contributed by atoms with Gasteiger partial charge in [-0.3, -0.25) is 19.8 Å². The lowest BCUT2D eigenvalue weighted by atomic mass is 10.0. The number of hydrogen-bond acceptors (Lipinski definition) is 4. The minimum atomic E-state index is -0.363. The SMILES string of the molecule is O=C(CCCCCCN(C(=O)C1=CC=NCC1)c1ccc(-c2ccc3cc[nH]c3c2)cc1)NO. The zero-order chi connectivity index (χ0) is 23.8. The van der Waals surface area contributed by atoms with Crippen LogP contribution >= 0.6 is 0 Å². The molecule has 0 saturated carbocycles. The standard InChI is InChI=1S/C27H30N4O3/c32-26(30-34)5-3-1-2-4-18-31(27(33)22-12-15-28-16-13-22)24-10-8-20(9-11-24)23-7-6-21-14-17-29-25(21)19-23/h6-12,14-15,17,19,29,34H,1-5,13,16,18H2,(H,30,32). The first-order valence-corrected chi connectivity index (χ1v) is 11.8. The maximum absolute atomic E-state index is 13.3. The normalized spacial score (nSPS) is 13.0. The van der Waals surface area contributed by atoms with Crippen molar-refractivity contribution in [3.63, 3.8) is 0 Å². The molecule has 2 heterocycles. The van der Waals surface area contributed by atoms with E-state index in [1.807, 2.05) is 29.3 Å². The van der Waals surface area contributed by atoms with E-state index in [2.05, 4.69) is 46.4 Å². The molecule has 1 aliphatic heterocycles. The Morgan fingerprint density at radius 3 is 2.56 bits per heavy atom. The van der Waals surface area contributed by atoms with Crippen LogP contribution in [0.25, 0.3) is 22.0 Å². The zero-order valence-corrected chi connectivity index (χ0v) is 19.2. The highest BCUT2D eigenvalue weighted by Gasteiger charge is 2.20. The average Bonchev–Trinajstić information content (AvgIpc) is 3.36. The minimum Gasteiger partial charge on any atom is -0.361 e. The van der Waals surface area contributed by atoms with E-state index in [1.54, 1.807) is 11.7 Å². The lowest BCUT2D eigenvalue weighted by molar-refractivity contribution is -0.129. The number of benzene rings is 2. The third kappa shape index (κ3) is 5.80. The van der Waals surface area contributed by atoms with Gasteiger partial charge in [-0.25, -0.2) is 5.48 Å². The summed E-state index contributed by atoms with van der Waals surface area (Å²) in [5, 5.41) is 9.77. The van der Waals surface area contributed by atoms with Crippen LogP contribution in [-0.4, -0.2) is 41.3 Å². The molecule has 0 fully saturated rings. The monoisotopic (exact) mass is 458 g/mol. The molecule has 0 unspecified atom stereocenters. The van der Waals surface area contributed by atoms with Gasteiger partial charge in [-0.15, -0.1) is 0 Å². The fourth-order valence-electron chi connectivity index (χ4n) is 4.21. The summed E-state index contributed by atoms with van der Waals surface area (Å²) < 4.78 is 0. The van der Waals surface area contributed by atoms with Crippen LogP contribution < -0.4 is 10.4 Å². The van der Waals surface area contributed by atoms with Crippen LogP contribution in [0.2, 0.25) is 0 Å². The molecule has 0 spiro atoms. The van der Waals surface area contributed by atoms with Gasteiger partial charge in [0.05, 0.1) is 0 Å². The molecular weight excluding hydrogens is 428 g/mol. The summed E-state index contributed by atoms with van der Waals surface area (Å²) in [4.78, 5) is 33.8. The van der Waals surface area contributed by atoms with Crippen LogP contribution in [0.4, 0.5) is 5.69 Å². The molecule has 1 aromatic heterocycles. The predicted octanol–water partition coefficient (Wildman–Crippen LogP) is 5.02. The van der Waals surface area contributed by atoms with Crippen molar-refractivity contribution in [2.24, 2.45) is 4.99 Å². The number of nitrogens with one attached hydrogen (secondary N) is 2. The van der Waals surface area contributed by atoms with E-state index in [1.165, 1.54) is 5.39 Å². The summed E-state index contributed by atoms with van der Waals surface area (Å²) in [5.74, 6) is -0.343. The molecule has 2 aromatic carbocycles. The van der Waals surface area contributed by atoms with Crippen LogP contribution in [0.5, 0.6) is 0 Å². The number of aliphatic imine (C=N–C) groups is 1. The molecule has 176 valence electrons. The van der Waals surface area contributed by atoms with Crippen molar-refractivity contribution >= 4 is 34.6 Å². The number of amides is 2. The number of nitrogens with zero attached hydrogens (tertiary/aromatic N) is 2. The lowest BCUT2D eigenvalue weighted by Gasteiger charge is -2.25. The first-order valence-electron chi connectivity index (χ1n) is 11.8. The van der Waals surface area contributed by atoms with E-state index in [0.29, 0.717) is 32.4 Å². The maximum atomic E-state index is 13.3. The van der Waals surface area contributed by atoms with Crippen LogP contribution in [0.3, 0.4) is 0 Å². The Morgan fingerprint density at radius 1 is 1.00 bits per heavy atom. The highest BCUT2D eigenvalue weighted by Crippen LogP contribution is 2.27. The van der Waals surface area contributed by atoms with Gasteiger partial charge in [0, 0.05) is 48.7 Å². The van der Waals surface area contributed by atoms with Gasteiger partial charge in [0.2, 0.25) is 5.91 Å². The number of aromatic amines is 1. The summed E-state index contributed by atoms with van der Waals surface area (Å²) in [6.07, 6.45) is 9.72. The number of hydrogen-bond donors (Lipinski definition) is 3. The fraction of sp³-hybridized carbons (Fsp3) is 0.296. The van der Waals surface area contributed by atoms with E-state index >= 15 is 0 Å². The number of allylic oxidation sites excluding steroid dienone is 1. The molecule has 7 nitrogen and oxygen atoms in total. The quantitative estimate of drug-likeness (QED) is 0.226. The topological polar surface area (TPSA) is 97.8 Å². The van der Waals surface area contributed by atoms with Crippen molar-refractivity contribution in [1.82, 2.24) is 10.5 Å². The van der Waals surface area contributed by atoms with Crippen molar-refractivity contribution in [3.8, 4) is 11.1 Å². The smallest absolute Gasteiger partial charge is 0.254 e. The molecule has 0 aliphatic carbocycles. The predicted molar refractivity (Wildman–Crippen MR) is 135 cm³/mol. The Balaban J connectivity index is 1.46. The molecule has 3 N–H and O–H groups in total. The second-order valence-corrected chi connectivity index (χ2v) is 8.48. The number of anilines is 1. The second kappa shape index (κ2) is 11.4. The largest absolute Gasteiger partial charge is 0.361 e. The third-order valence-electron chi connectivity index (χ3n) is 6.14. The fourth-order valence-corrected chi connectivity index (χ4v) is 4.21. The van der Waals surface area contributed by atoms with Crippen LogP contribution in [0, 0.1) is 0 Å². The average molecular weight is 459 g/mol. The summed E-state index contributed by atoms with van der Waals surface area (Å²) in [6, 6.07) is 16.5. The number of rotatable bonds is 10. The van der Waals surface area contributed by atoms with Crippen LogP contribution in [0.15, 0.2) is 71.4 Å². The molecule has 4 rings (SSSR count). The highest BCUT2D eigenvalue weighted by atomic mass is 16.5. The number of dihydropyridines is 1. The van der Waals surface area contributed by atoms with Crippen molar-refractivity contribution < 1.29 is 14.8 Å². The van der Waals surface area contributed by atoms with E-state index in [4.69, 9.17) is 5.21 Å². The lowest BCUT2D eigenvalue weighted by Crippen LogP contribution is -2.33. The molecule has 7 heteroatoms. The minimum absolute atomic E-state index is 0.0198. The summed E-state index contributed by atoms with van der Waals surface area (Å²) in [6.45, 7) is 1.24. The molecular formula is C27H30N4O3. The number of carbonyl (C=O) groups is 2. The Morgan fingerprint density at radius 2 is 1.79 bits per heavy atom. The van der Waals surface area contributed by atoms with Crippen molar-refractivity contribution in [1.29, 1.82) is 0 Å². The summed E-state index contributed by atoms with van der Waals surface area (Å²) in [7, 11) is 0. The van der Waals surface area contributed by atoms with Gasteiger partial charge in [0.15, 0.2) is 0 Å². The number of aromatic nitrogens is 1. The van der Waals surface area contributed by atoms with Crippen molar-refractivity contribution in [2.45, 2.75) is 38.5 Å². The van der Waals surface area contributed by atoms with Crippen LogP contribution in [0.1, 0.15) is 38.5 Å². The van der Waals surface area contributed by atoms with Crippen LogP contribution in [-0.2, 0) is 9.59 Å². The molecule has 0 atom stereocenters. The van der Waals surface area contributed by atoms with E-state index < -0.39 is 0 Å². The summed E-state index contributed by atoms with van der Waals surface area (Å²) in [5.41, 5.74) is 6.62. The Kier molecular flexibility index (Phi) is 7.88. The third-order valence-corrected chi connectivity index (χ3v) is 6.14. The number of unbranched alkanes of at least 4 members (excludes halogenated alkanes) is 3. The number of carbonyl (C=O) groups excluding carboxylic acids is 2. The number of fused-ring (bicyclic) bond motifs is 1. The molecule has 2 amide bonds. The van der Waals surface area contributed by atoms with Gasteiger partial charge >= 0.3 is 0 Å². The second-order valence-electron chi connectivity index (χ2n) is 8.48. The molecule has 0 radical (unpaired) electrons. The molecule has 1 aliphatic rings. The Bertz CT molecular complexity index is 1190. The van der Waals surface area contributed by atoms with Gasteiger partial charge < -0.3 is 9.88 Å². The van der Waals surface area contributed by atoms with Crippen molar-refractivity contribution in [3.05, 3.63) is 66.4 Å². The van der Waals surface area contributed by atoms with Crippen molar-refractivity contribution in [2.75, 3.05) is 18.0 Å². The van der Waals surface area contributed by atoms with E-state index in [0.717, 1.165) is 47.2 Å². The molecule has 3 aromatic rings. The Hall–Kier alpha value is -3.71. The number of H-pyrrole nitrogens is 1. The van der Waals surface area contributed by atoms with E-state index in [-0.39, 0.29) is 11.8 Å². The molecule has 0 saturated heterocycles. The first-order chi connectivity index (χ1) is 16.7.